The van der Waals surface area contributed by atoms with Crippen LogP contribution in [0.1, 0.15) is 36.9 Å². The van der Waals surface area contributed by atoms with Crippen LogP contribution in [0.2, 0.25) is 5.02 Å². The van der Waals surface area contributed by atoms with Crippen LogP contribution in [0.5, 0.6) is 0 Å². The SMILES string of the molecule is CCCCN1C(=O)C(=O)/C(=C(\O)c2ccc(Cl)cc2)C1c1ccc(F)cc1. The average molecular weight is 388 g/mol. The Kier molecular flexibility index (Phi) is 5.61. The Labute approximate surface area is 161 Å². The van der Waals surface area contributed by atoms with Crippen LogP contribution in [0.25, 0.3) is 5.76 Å². The van der Waals surface area contributed by atoms with Crippen molar-refractivity contribution in [2.24, 2.45) is 0 Å². The van der Waals surface area contributed by atoms with Gasteiger partial charge in [-0.05, 0) is 48.4 Å². The molecule has 1 saturated heterocycles. The fourth-order valence-corrected chi connectivity index (χ4v) is 3.32. The molecular weight excluding hydrogens is 369 g/mol. The third kappa shape index (κ3) is 3.74. The summed E-state index contributed by atoms with van der Waals surface area (Å²) in [5.74, 6) is -2.08. The van der Waals surface area contributed by atoms with Crippen molar-refractivity contribution in [1.29, 1.82) is 0 Å². The summed E-state index contributed by atoms with van der Waals surface area (Å²) >= 11 is 5.89. The molecule has 6 heteroatoms. The second-order valence-electron chi connectivity index (χ2n) is 6.40. The maximum Gasteiger partial charge on any atom is 0.295 e. The largest absolute Gasteiger partial charge is 0.507 e. The Morgan fingerprint density at radius 3 is 2.33 bits per heavy atom. The minimum Gasteiger partial charge on any atom is -0.507 e. The van der Waals surface area contributed by atoms with E-state index < -0.39 is 23.5 Å². The van der Waals surface area contributed by atoms with Crippen LogP contribution in [-0.2, 0) is 9.59 Å². The van der Waals surface area contributed by atoms with Crippen LogP contribution in [-0.4, -0.2) is 28.2 Å². The Morgan fingerprint density at radius 1 is 1.11 bits per heavy atom. The predicted octanol–water partition coefficient (Wildman–Crippen LogP) is 4.70. The molecule has 140 valence electrons. The normalized spacial score (nSPS) is 18.9. The van der Waals surface area contributed by atoms with E-state index in [2.05, 4.69) is 0 Å². The van der Waals surface area contributed by atoms with E-state index in [9.17, 15) is 19.1 Å². The zero-order valence-electron chi connectivity index (χ0n) is 14.8. The molecule has 27 heavy (non-hydrogen) atoms. The van der Waals surface area contributed by atoms with Gasteiger partial charge in [0, 0.05) is 17.1 Å². The van der Waals surface area contributed by atoms with Crippen molar-refractivity contribution >= 4 is 29.1 Å². The van der Waals surface area contributed by atoms with Crippen molar-refractivity contribution in [3.63, 3.8) is 0 Å². The molecule has 1 aliphatic heterocycles. The maximum atomic E-state index is 13.4. The summed E-state index contributed by atoms with van der Waals surface area (Å²) in [6.45, 7) is 2.36. The summed E-state index contributed by atoms with van der Waals surface area (Å²) in [6.07, 6.45) is 1.56. The Morgan fingerprint density at radius 2 is 1.74 bits per heavy atom. The van der Waals surface area contributed by atoms with E-state index in [0.29, 0.717) is 29.1 Å². The first-order chi connectivity index (χ1) is 12.9. The second kappa shape index (κ2) is 7.92. The van der Waals surface area contributed by atoms with Crippen LogP contribution in [0, 0.1) is 5.82 Å². The number of hydrogen-bond donors (Lipinski definition) is 1. The molecule has 0 aliphatic carbocycles. The number of amides is 1. The lowest BCUT2D eigenvalue weighted by Crippen LogP contribution is -2.30. The van der Waals surface area contributed by atoms with Gasteiger partial charge in [-0.2, -0.15) is 0 Å². The third-order valence-corrected chi connectivity index (χ3v) is 4.85. The summed E-state index contributed by atoms with van der Waals surface area (Å²) < 4.78 is 13.4. The third-order valence-electron chi connectivity index (χ3n) is 4.60. The molecule has 3 rings (SSSR count). The van der Waals surface area contributed by atoms with Crippen molar-refractivity contribution in [2.75, 3.05) is 6.54 Å². The summed E-state index contributed by atoms with van der Waals surface area (Å²) in [5, 5.41) is 11.3. The molecule has 0 spiro atoms. The number of nitrogens with zero attached hydrogens (tertiary/aromatic N) is 1. The van der Waals surface area contributed by atoms with E-state index in [1.165, 1.54) is 29.2 Å². The molecule has 1 aliphatic rings. The lowest BCUT2D eigenvalue weighted by molar-refractivity contribution is -0.139. The van der Waals surface area contributed by atoms with Gasteiger partial charge in [0.1, 0.15) is 11.6 Å². The number of ketones is 1. The number of Topliss-reactive ketones (excluding diaryl/α,β-unsaturated/α-hetero) is 1. The fraction of sp³-hybridized carbons (Fsp3) is 0.238. The first kappa shape index (κ1) is 19.1. The van der Waals surface area contributed by atoms with Crippen LogP contribution >= 0.6 is 11.6 Å². The highest BCUT2D eigenvalue weighted by molar-refractivity contribution is 6.46. The Hall–Kier alpha value is -2.66. The number of unbranched alkanes of at least 4 members (excludes halogenated alkanes) is 1. The molecule has 0 aromatic heterocycles. The molecule has 2 aromatic carbocycles. The van der Waals surface area contributed by atoms with Crippen molar-refractivity contribution in [3.05, 3.63) is 76.1 Å². The van der Waals surface area contributed by atoms with Gasteiger partial charge in [0.05, 0.1) is 11.6 Å². The highest BCUT2D eigenvalue weighted by Crippen LogP contribution is 2.39. The van der Waals surface area contributed by atoms with Crippen LogP contribution in [0.4, 0.5) is 4.39 Å². The summed E-state index contributed by atoms with van der Waals surface area (Å²) in [6, 6.07) is 11.2. The van der Waals surface area contributed by atoms with E-state index in [1.54, 1.807) is 24.3 Å². The fourth-order valence-electron chi connectivity index (χ4n) is 3.19. The first-order valence-corrected chi connectivity index (χ1v) is 9.11. The van der Waals surface area contributed by atoms with Crippen molar-refractivity contribution < 1.29 is 19.1 Å². The van der Waals surface area contributed by atoms with Gasteiger partial charge in [0.2, 0.25) is 0 Å². The van der Waals surface area contributed by atoms with Gasteiger partial charge in [-0.25, -0.2) is 4.39 Å². The van der Waals surface area contributed by atoms with E-state index >= 15 is 0 Å². The standard InChI is InChI=1S/C21H19ClFNO3/c1-2-3-12-24-18(13-6-10-16(23)11-7-13)17(20(26)21(24)27)19(25)14-4-8-15(22)9-5-14/h4-11,18,25H,2-3,12H2,1H3/b19-17-. The zero-order chi connectivity index (χ0) is 19.6. The lowest BCUT2D eigenvalue weighted by atomic mass is 9.95. The van der Waals surface area contributed by atoms with Crippen LogP contribution in [0.15, 0.2) is 54.1 Å². The highest BCUT2D eigenvalue weighted by atomic mass is 35.5. The summed E-state index contributed by atoms with van der Waals surface area (Å²) in [7, 11) is 0. The highest BCUT2D eigenvalue weighted by Gasteiger charge is 2.45. The quantitative estimate of drug-likeness (QED) is 0.459. The van der Waals surface area contributed by atoms with Crippen LogP contribution in [0.3, 0.4) is 0 Å². The number of carbonyl (C=O) groups excluding carboxylic acids is 2. The topological polar surface area (TPSA) is 57.6 Å². The van der Waals surface area contributed by atoms with Gasteiger partial charge in [-0.3, -0.25) is 9.59 Å². The molecule has 0 saturated carbocycles. The van der Waals surface area contributed by atoms with Gasteiger partial charge in [0.15, 0.2) is 0 Å². The van der Waals surface area contributed by atoms with Gasteiger partial charge in [-0.15, -0.1) is 0 Å². The number of benzene rings is 2. The first-order valence-electron chi connectivity index (χ1n) is 8.74. The van der Waals surface area contributed by atoms with Crippen molar-refractivity contribution in [2.45, 2.75) is 25.8 Å². The number of aliphatic hydroxyl groups excluding tert-OH is 1. The molecule has 1 heterocycles. The second-order valence-corrected chi connectivity index (χ2v) is 6.84. The number of likely N-dealkylation sites (tertiary alicyclic amines) is 1. The minimum atomic E-state index is -0.757. The van der Waals surface area contributed by atoms with Crippen LogP contribution < -0.4 is 0 Å². The molecule has 1 atom stereocenters. The molecule has 0 bridgehead atoms. The molecule has 1 N–H and O–H groups in total. The van der Waals surface area contributed by atoms with Gasteiger partial charge in [-0.1, -0.05) is 37.1 Å². The smallest absolute Gasteiger partial charge is 0.295 e. The molecule has 1 unspecified atom stereocenters. The van der Waals surface area contributed by atoms with Crippen molar-refractivity contribution in [1.82, 2.24) is 4.90 Å². The Balaban J connectivity index is 2.14. The average Bonchev–Trinajstić information content (AvgIpc) is 2.91. The van der Waals surface area contributed by atoms with E-state index in [-0.39, 0.29) is 11.3 Å². The maximum absolute atomic E-state index is 13.4. The number of rotatable bonds is 5. The molecular formula is C21H19ClFNO3. The number of halogens is 2. The zero-order valence-corrected chi connectivity index (χ0v) is 15.5. The number of aliphatic hydroxyl groups is 1. The monoisotopic (exact) mass is 387 g/mol. The van der Waals surface area contributed by atoms with E-state index in [0.717, 1.165) is 6.42 Å². The lowest BCUT2D eigenvalue weighted by Gasteiger charge is -2.25. The van der Waals surface area contributed by atoms with E-state index in [4.69, 9.17) is 11.6 Å². The minimum absolute atomic E-state index is 0.00466. The summed E-state index contributed by atoms with van der Waals surface area (Å²) in [4.78, 5) is 26.7. The molecule has 4 nitrogen and oxygen atoms in total. The van der Waals surface area contributed by atoms with Gasteiger partial charge < -0.3 is 10.0 Å². The number of carbonyl (C=O) groups is 2. The Bertz CT molecular complexity index is 891. The molecule has 1 amide bonds. The molecule has 2 aromatic rings. The summed E-state index contributed by atoms with van der Waals surface area (Å²) in [5.41, 5.74) is 0.965. The van der Waals surface area contributed by atoms with Crippen molar-refractivity contribution in [3.8, 4) is 0 Å². The molecule has 0 radical (unpaired) electrons. The molecule has 1 fully saturated rings. The van der Waals surface area contributed by atoms with Gasteiger partial charge in [0.25, 0.3) is 11.7 Å². The van der Waals surface area contributed by atoms with E-state index in [1.807, 2.05) is 6.92 Å². The predicted molar refractivity (Wildman–Crippen MR) is 102 cm³/mol. The number of hydrogen-bond acceptors (Lipinski definition) is 3. The van der Waals surface area contributed by atoms with Gasteiger partial charge >= 0.3 is 0 Å².